The van der Waals surface area contributed by atoms with Crippen LogP contribution in [0, 0.1) is 11.8 Å². The first-order valence-electron chi connectivity index (χ1n) is 8.56. The van der Waals surface area contributed by atoms with Crippen LogP contribution in [0.25, 0.3) is 5.69 Å². The Bertz CT molecular complexity index is 721. The molecule has 2 heterocycles. The van der Waals surface area contributed by atoms with Crippen molar-refractivity contribution in [2.75, 3.05) is 13.1 Å². The minimum Gasteiger partial charge on any atom is -0.334 e. The Morgan fingerprint density at radius 3 is 2.54 bits per heavy atom. The van der Waals surface area contributed by atoms with Crippen molar-refractivity contribution < 1.29 is 4.79 Å². The molecule has 0 bridgehead atoms. The van der Waals surface area contributed by atoms with Crippen LogP contribution in [0.1, 0.15) is 18.4 Å². The lowest BCUT2D eigenvalue weighted by Gasteiger charge is -2.17. The zero-order chi connectivity index (χ0) is 16.4. The highest BCUT2D eigenvalue weighted by Crippen LogP contribution is 2.32. The summed E-state index contributed by atoms with van der Waals surface area (Å²) in [5, 5.41) is 7.39. The number of hydrogen-bond donors (Lipinski definition) is 1. The number of amides is 2. The van der Waals surface area contributed by atoms with Gasteiger partial charge < -0.3 is 10.2 Å². The lowest BCUT2D eigenvalue weighted by Crippen LogP contribution is -2.38. The van der Waals surface area contributed by atoms with Crippen molar-refractivity contribution in [2.45, 2.75) is 19.4 Å². The number of carbonyl (C=O) groups is 1. The molecule has 1 aliphatic heterocycles. The first-order valence-corrected chi connectivity index (χ1v) is 8.56. The topological polar surface area (TPSA) is 50.2 Å². The van der Waals surface area contributed by atoms with E-state index in [4.69, 9.17) is 0 Å². The third-order valence-electron chi connectivity index (χ3n) is 5.01. The van der Waals surface area contributed by atoms with Crippen LogP contribution < -0.4 is 5.32 Å². The summed E-state index contributed by atoms with van der Waals surface area (Å²) in [6.45, 7) is 2.27. The van der Waals surface area contributed by atoms with Crippen molar-refractivity contribution in [3.63, 3.8) is 0 Å². The summed E-state index contributed by atoms with van der Waals surface area (Å²) in [7, 11) is 0. The SMILES string of the molecule is O=C(NCc1cnn(-c2ccccc2)c1)N1C[C@H]2CC=CC[C@@H]2C1. The molecule has 5 nitrogen and oxygen atoms in total. The highest BCUT2D eigenvalue weighted by atomic mass is 16.2. The smallest absolute Gasteiger partial charge is 0.317 e. The lowest BCUT2D eigenvalue weighted by molar-refractivity contribution is 0.206. The van der Waals surface area contributed by atoms with Gasteiger partial charge in [0.1, 0.15) is 0 Å². The molecule has 1 aliphatic carbocycles. The second-order valence-corrected chi connectivity index (χ2v) is 6.66. The molecular weight excluding hydrogens is 300 g/mol. The maximum Gasteiger partial charge on any atom is 0.317 e. The van der Waals surface area contributed by atoms with Gasteiger partial charge in [0.25, 0.3) is 0 Å². The molecule has 2 amide bonds. The second-order valence-electron chi connectivity index (χ2n) is 6.66. The fourth-order valence-corrected chi connectivity index (χ4v) is 3.64. The van der Waals surface area contributed by atoms with Gasteiger partial charge in [0.15, 0.2) is 0 Å². The molecule has 0 spiro atoms. The van der Waals surface area contributed by atoms with Gasteiger partial charge in [-0.25, -0.2) is 9.48 Å². The zero-order valence-electron chi connectivity index (χ0n) is 13.6. The van der Waals surface area contributed by atoms with Crippen molar-refractivity contribution in [1.82, 2.24) is 20.0 Å². The number of urea groups is 1. The summed E-state index contributed by atoms with van der Waals surface area (Å²) < 4.78 is 1.83. The number of likely N-dealkylation sites (tertiary alicyclic amines) is 1. The highest BCUT2D eigenvalue weighted by molar-refractivity contribution is 5.74. The molecule has 1 aromatic heterocycles. The number of nitrogens with one attached hydrogen (secondary N) is 1. The summed E-state index contributed by atoms with van der Waals surface area (Å²) in [5.74, 6) is 1.28. The van der Waals surface area contributed by atoms with Gasteiger partial charge in [0.2, 0.25) is 0 Å². The summed E-state index contributed by atoms with van der Waals surface area (Å²) in [6.07, 6.45) is 10.5. The molecule has 2 atom stereocenters. The van der Waals surface area contributed by atoms with Crippen molar-refractivity contribution in [3.8, 4) is 5.69 Å². The van der Waals surface area contributed by atoms with Crippen molar-refractivity contribution >= 4 is 6.03 Å². The van der Waals surface area contributed by atoms with Crippen LogP contribution in [0.4, 0.5) is 4.79 Å². The Hall–Kier alpha value is -2.56. The van der Waals surface area contributed by atoms with Gasteiger partial charge >= 0.3 is 6.03 Å². The van der Waals surface area contributed by atoms with E-state index in [9.17, 15) is 4.79 Å². The van der Waals surface area contributed by atoms with Crippen molar-refractivity contribution in [3.05, 3.63) is 60.4 Å². The average molecular weight is 322 g/mol. The van der Waals surface area contributed by atoms with E-state index in [-0.39, 0.29) is 6.03 Å². The van der Waals surface area contributed by atoms with E-state index >= 15 is 0 Å². The van der Waals surface area contributed by atoms with Crippen LogP contribution in [-0.2, 0) is 6.54 Å². The Labute approximate surface area is 142 Å². The Morgan fingerprint density at radius 2 is 1.83 bits per heavy atom. The number of aromatic nitrogens is 2. The van der Waals surface area contributed by atoms with Crippen LogP contribution in [0.15, 0.2) is 54.9 Å². The van der Waals surface area contributed by atoms with E-state index in [0.29, 0.717) is 18.4 Å². The number of allylic oxidation sites excluding steroid dienone is 2. The van der Waals surface area contributed by atoms with Crippen molar-refractivity contribution in [1.29, 1.82) is 0 Å². The van der Waals surface area contributed by atoms with E-state index in [2.05, 4.69) is 22.6 Å². The summed E-state index contributed by atoms with van der Waals surface area (Å²) >= 11 is 0. The van der Waals surface area contributed by atoms with E-state index in [1.165, 1.54) is 0 Å². The predicted octanol–water partition coefficient (Wildman–Crippen LogP) is 2.98. The molecule has 0 saturated carbocycles. The number of carbonyl (C=O) groups excluding carboxylic acids is 1. The number of nitrogens with zero attached hydrogens (tertiary/aromatic N) is 3. The zero-order valence-corrected chi connectivity index (χ0v) is 13.6. The summed E-state index contributed by atoms with van der Waals surface area (Å²) in [4.78, 5) is 14.4. The Balaban J connectivity index is 1.33. The van der Waals surface area contributed by atoms with Crippen LogP contribution >= 0.6 is 0 Å². The molecule has 1 saturated heterocycles. The van der Waals surface area contributed by atoms with Gasteiger partial charge in [0, 0.05) is 31.4 Å². The van der Waals surface area contributed by atoms with E-state index in [0.717, 1.165) is 37.2 Å². The third kappa shape index (κ3) is 3.07. The van der Waals surface area contributed by atoms with E-state index < -0.39 is 0 Å². The average Bonchev–Trinajstić information content (AvgIpc) is 3.27. The van der Waals surface area contributed by atoms with E-state index in [1.807, 2.05) is 46.1 Å². The molecule has 2 aromatic rings. The van der Waals surface area contributed by atoms with Gasteiger partial charge in [-0.1, -0.05) is 30.4 Å². The highest BCUT2D eigenvalue weighted by Gasteiger charge is 2.34. The lowest BCUT2D eigenvalue weighted by atomic mass is 9.86. The van der Waals surface area contributed by atoms with Gasteiger partial charge in [0.05, 0.1) is 11.9 Å². The molecule has 124 valence electrons. The number of fused-ring (bicyclic) bond motifs is 1. The maximum atomic E-state index is 12.4. The quantitative estimate of drug-likeness (QED) is 0.883. The fraction of sp³-hybridized carbons (Fsp3) is 0.368. The first kappa shape index (κ1) is 15.0. The maximum absolute atomic E-state index is 12.4. The summed E-state index contributed by atoms with van der Waals surface area (Å²) in [6, 6.07) is 10.0. The van der Waals surface area contributed by atoms with Crippen LogP contribution in [-0.4, -0.2) is 33.8 Å². The van der Waals surface area contributed by atoms with Crippen LogP contribution in [0.3, 0.4) is 0 Å². The fourth-order valence-electron chi connectivity index (χ4n) is 3.64. The molecule has 0 unspecified atom stereocenters. The minimum absolute atomic E-state index is 0.0388. The molecule has 1 aromatic carbocycles. The van der Waals surface area contributed by atoms with E-state index in [1.54, 1.807) is 6.20 Å². The van der Waals surface area contributed by atoms with Gasteiger partial charge in [-0.2, -0.15) is 5.10 Å². The molecule has 1 fully saturated rings. The molecule has 4 rings (SSSR count). The Kier molecular flexibility index (Phi) is 4.07. The van der Waals surface area contributed by atoms with Crippen molar-refractivity contribution in [2.24, 2.45) is 11.8 Å². The molecule has 2 aliphatic rings. The Morgan fingerprint density at radius 1 is 1.12 bits per heavy atom. The van der Waals surface area contributed by atoms with Gasteiger partial charge in [-0.3, -0.25) is 0 Å². The second kappa shape index (κ2) is 6.51. The summed E-state index contributed by atoms with van der Waals surface area (Å²) in [5.41, 5.74) is 2.02. The largest absolute Gasteiger partial charge is 0.334 e. The molecular formula is C19H22N4O. The standard InChI is InChI=1S/C19H22N4O/c24-19(22-13-16-6-4-5-7-17(16)14-22)20-10-15-11-21-23(12-15)18-8-2-1-3-9-18/h1-5,8-9,11-12,16-17H,6-7,10,13-14H2,(H,20,24)/t16-,17-/m1/s1. The molecule has 1 N–H and O–H groups in total. The molecule has 5 heteroatoms. The molecule has 24 heavy (non-hydrogen) atoms. The minimum atomic E-state index is 0.0388. The van der Waals surface area contributed by atoms with Crippen LogP contribution in [0.5, 0.6) is 0 Å². The number of rotatable bonds is 3. The van der Waals surface area contributed by atoms with Gasteiger partial charge in [-0.15, -0.1) is 0 Å². The number of para-hydroxylation sites is 1. The van der Waals surface area contributed by atoms with Gasteiger partial charge in [-0.05, 0) is 36.8 Å². The molecule has 0 radical (unpaired) electrons. The number of benzene rings is 1. The monoisotopic (exact) mass is 322 g/mol. The normalized spacial score (nSPS) is 22.4. The third-order valence-corrected chi connectivity index (χ3v) is 5.01. The first-order chi connectivity index (χ1) is 11.8. The van der Waals surface area contributed by atoms with Crippen LogP contribution in [0.2, 0.25) is 0 Å². The number of hydrogen-bond acceptors (Lipinski definition) is 2. The predicted molar refractivity (Wildman–Crippen MR) is 92.7 cm³/mol.